The molecule has 1 aliphatic rings. The van der Waals surface area contributed by atoms with E-state index in [1.54, 1.807) is 24.8 Å². The first-order valence-electron chi connectivity index (χ1n) is 6.11. The smallest absolute Gasteiger partial charge is 0.339 e. The maximum absolute atomic E-state index is 11.8. The Bertz CT molecular complexity index is 519. The Kier molecular flexibility index (Phi) is 4.04. The second-order valence-electron chi connectivity index (χ2n) is 4.35. The number of alkyl halides is 1. The van der Waals surface area contributed by atoms with Crippen molar-refractivity contribution in [2.45, 2.75) is 25.6 Å². The molecule has 1 unspecified atom stereocenters. The molecule has 1 amide bonds. The molecule has 0 radical (unpaired) electrons. The zero-order valence-corrected chi connectivity index (χ0v) is 11.6. The molecule has 1 saturated heterocycles. The van der Waals surface area contributed by atoms with Gasteiger partial charge in [0.1, 0.15) is 0 Å². The van der Waals surface area contributed by atoms with Crippen LogP contribution in [0.3, 0.4) is 0 Å². The summed E-state index contributed by atoms with van der Waals surface area (Å²) in [5.41, 5.74) is 1.65. The van der Waals surface area contributed by atoms with E-state index in [4.69, 9.17) is 16.3 Å². The lowest BCUT2D eigenvalue weighted by Gasteiger charge is -2.18. The molecule has 0 aromatic carbocycles. The fraction of sp³-hybridized carbons (Fsp3) is 0.462. The predicted molar refractivity (Wildman–Crippen MR) is 71.5 cm³/mol. The van der Waals surface area contributed by atoms with Gasteiger partial charge in [0.2, 0.25) is 5.91 Å². The number of esters is 1. The van der Waals surface area contributed by atoms with Crippen LogP contribution in [0.1, 0.15) is 29.4 Å². The van der Waals surface area contributed by atoms with Crippen LogP contribution < -0.4 is 4.90 Å². The van der Waals surface area contributed by atoms with Crippen LogP contribution in [-0.4, -0.2) is 35.4 Å². The molecule has 102 valence electrons. The number of ether oxygens (including phenoxy) is 1. The van der Waals surface area contributed by atoms with Crippen LogP contribution in [0.2, 0.25) is 0 Å². The summed E-state index contributed by atoms with van der Waals surface area (Å²) < 4.78 is 4.92. The van der Waals surface area contributed by atoms with Crippen molar-refractivity contribution in [3.05, 3.63) is 23.5 Å². The first-order valence-corrected chi connectivity index (χ1v) is 6.54. The Balaban J connectivity index is 2.32. The highest BCUT2D eigenvalue weighted by atomic mass is 35.5. The van der Waals surface area contributed by atoms with Gasteiger partial charge in [0, 0.05) is 19.2 Å². The highest BCUT2D eigenvalue weighted by Crippen LogP contribution is 2.27. The molecule has 0 spiro atoms. The Morgan fingerprint density at radius 3 is 2.95 bits per heavy atom. The van der Waals surface area contributed by atoms with Crippen molar-refractivity contribution in [2.24, 2.45) is 0 Å². The Labute approximate surface area is 116 Å². The predicted octanol–water partition coefficient (Wildman–Crippen LogP) is 1.91. The number of aryl methyl sites for hydroxylation is 1. The van der Waals surface area contributed by atoms with E-state index >= 15 is 0 Å². The molecule has 0 saturated carbocycles. The van der Waals surface area contributed by atoms with E-state index < -0.39 is 5.97 Å². The minimum Gasteiger partial charge on any atom is -0.462 e. The molecule has 6 heteroatoms. The van der Waals surface area contributed by atoms with Gasteiger partial charge in [-0.2, -0.15) is 0 Å². The molecule has 1 aromatic heterocycles. The summed E-state index contributed by atoms with van der Waals surface area (Å²) in [6.07, 6.45) is 1.76. The molecular formula is C13H15ClN2O3. The fourth-order valence-corrected chi connectivity index (χ4v) is 2.29. The highest BCUT2D eigenvalue weighted by molar-refractivity contribution is 6.24. The number of pyridine rings is 1. The van der Waals surface area contributed by atoms with Crippen LogP contribution in [0, 0.1) is 6.92 Å². The van der Waals surface area contributed by atoms with Gasteiger partial charge in [0.15, 0.2) is 0 Å². The third-order valence-corrected chi connectivity index (χ3v) is 3.23. The van der Waals surface area contributed by atoms with Crippen LogP contribution in [0.5, 0.6) is 0 Å². The number of rotatable bonds is 3. The zero-order valence-electron chi connectivity index (χ0n) is 10.9. The lowest BCUT2D eigenvalue weighted by molar-refractivity contribution is -0.117. The van der Waals surface area contributed by atoms with Gasteiger partial charge in [-0.25, -0.2) is 4.79 Å². The van der Waals surface area contributed by atoms with Crippen molar-refractivity contribution >= 4 is 29.2 Å². The number of anilines is 1. The average molecular weight is 283 g/mol. The molecule has 1 aromatic rings. The standard InChI is InChI=1S/C13H15ClN2O3/c1-3-19-13(18)9-4-11(8(2)15-6-9)16-7-10(14)5-12(16)17/h4,6,10H,3,5,7H2,1-2H3. The summed E-state index contributed by atoms with van der Waals surface area (Å²) >= 11 is 5.98. The van der Waals surface area contributed by atoms with Crippen molar-refractivity contribution in [1.82, 2.24) is 4.98 Å². The van der Waals surface area contributed by atoms with Gasteiger partial charge in [0.25, 0.3) is 0 Å². The van der Waals surface area contributed by atoms with Crippen molar-refractivity contribution in [3.63, 3.8) is 0 Å². The summed E-state index contributed by atoms with van der Waals surface area (Å²) in [6, 6.07) is 1.63. The second-order valence-corrected chi connectivity index (χ2v) is 4.97. The summed E-state index contributed by atoms with van der Waals surface area (Å²) in [4.78, 5) is 29.2. The number of nitrogens with zero attached hydrogens (tertiary/aromatic N) is 2. The van der Waals surface area contributed by atoms with Gasteiger partial charge in [-0.05, 0) is 19.9 Å². The normalized spacial score (nSPS) is 18.8. The SMILES string of the molecule is CCOC(=O)c1cnc(C)c(N2CC(Cl)CC2=O)c1. The lowest BCUT2D eigenvalue weighted by atomic mass is 10.2. The van der Waals surface area contributed by atoms with E-state index in [-0.39, 0.29) is 11.3 Å². The molecule has 1 atom stereocenters. The summed E-state index contributed by atoms with van der Waals surface area (Å²) in [6.45, 7) is 4.27. The van der Waals surface area contributed by atoms with E-state index in [2.05, 4.69) is 4.98 Å². The maximum Gasteiger partial charge on any atom is 0.339 e. The Morgan fingerprint density at radius 2 is 2.37 bits per heavy atom. The van der Waals surface area contributed by atoms with Gasteiger partial charge in [-0.1, -0.05) is 0 Å². The highest BCUT2D eigenvalue weighted by Gasteiger charge is 2.30. The summed E-state index contributed by atoms with van der Waals surface area (Å²) in [7, 11) is 0. The topological polar surface area (TPSA) is 59.5 Å². The first kappa shape index (κ1) is 13.8. The minimum absolute atomic E-state index is 0.0501. The molecule has 0 aliphatic carbocycles. The molecule has 1 aliphatic heterocycles. The number of amides is 1. The largest absolute Gasteiger partial charge is 0.462 e. The monoisotopic (exact) mass is 282 g/mol. The average Bonchev–Trinajstić information content (AvgIpc) is 2.69. The van der Waals surface area contributed by atoms with E-state index in [1.807, 2.05) is 0 Å². The first-order chi connectivity index (χ1) is 9.02. The number of carbonyl (C=O) groups is 2. The maximum atomic E-state index is 11.8. The summed E-state index contributed by atoms with van der Waals surface area (Å²) in [5.74, 6) is -0.490. The molecule has 0 N–H and O–H groups in total. The molecule has 2 rings (SSSR count). The number of hydrogen-bond donors (Lipinski definition) is 0. The minimum atomic E-state index is -0.440. The van der Waals surface area contributed by atoms with Gasteiger partial charge in [-0.3, -0.25) is 9.78 Å². The van der Waals surface area contributed by atoms with E-state index in [1.165, 1.54) is 6.20 Å². The van der Waals surface area contributed by atoms with Crippen molar-refractivity contribution < 1.29 is 14.3 Å². The second kappa shape index (κ2) is 5.57. The van der Waals surface area contributed by atoms with Crippen molar-refractivity contribution in [2.75, 3.05) is 18.1 Å². The van der Waals surface area contributed by atoms with E-state index in [9.17, 15) is 9.59 Å². The molecule has 0 bridgehead atoms. The molecule has 5 nitrogen and oxygen atoms in total. The molecule has 2 heterocycles. The number of aromatic nitrogens is 1. The molecule has 19 heavy (non-hydrogen) atoms. The third-order valence-electron chi connectivity index (χ3n) is 2.94. The van der Waals surface area contributed by atoms with Crippen LogP contribution in [0.25, 0.3) is 0 Å². The molecule has 1 fully saturated rings. The fourth-order valence-electron chi connectivity index (χ4n) is 2.02. The van der Waals surface area contributed by atoms with Crippen LogP contribution in [0.15, 0.2) is 12.3 Å². The summed E-state index contributed by atoms with van der Waals surface area (Å²) in [5, 5.41) is -0.196. The lowest BCUT2D eigenvalue weighted by Crippen LogP contribution is -2.26. The molecular weight excluding hydrogens is 268 g/mol. The Morgan fingerprint density at radius 1 is 1.63 bits per heavy atom. The van der Waals surface area contributed by atoms with Crippen molar-refractivity contribution in [3.8, 4) is 0 Å². The zero-order chi connectivity index (χ0) is 14.0. The van der Waals surface area contributed by atoms with Crippen LogP contribution in [0.4, 0.5) is 5.69 Å². The third kappa shape index (κ3) is 2.87. The number of halogens is 1. The van der Waals surface area contributed by atoms with Crippen molar-refractivity contribution in [1.29, 1.82) is 0 Å². The van der Waals surface area contributed by atoms with E-state index in [0.717, 1.165) is 0 Å². The van der Waals surface area contributed by atoms with Gasteiger partial charge >= 0.3 is 5.97 Å². The van der Waals surface area contributed by atoms with Crippen LogP contribution >= 0.6 is 11.6 Å². The Hall–Kier alpha value is -1.62. The van der Waals surface area contributed by atoms with Gasteiger partial charge in [0.05, 0.1) is 28.9 Å². The van der Waals surface area contributed by atoms with Crippen LogP contribution in [-0.2, 0) is 9.53 Å². The van der Waals surface area contributed by atoms with Gasteiger partial charge < -0.3 is 9.64 Å². The number of carbonyl (C=O) groups excluding carboxylic acids is 2. The van der Waals surface area contributed by atoms with Gasteiger partial charge in [-0.15, -0.1) is 11.6 Å². The van der Waals surface area contributed by atoms with E-state index in [0.29, 0.717) is 36.5 Å². The quantitative estimate of drug-likeness (QED) is 0.628. The number of hydrogen-bond acceptors (Lipinski definition) is 4.